The summed E-state index contributed by atoms with van der Waals surface area (Å²) in [6.45, 7) is 1.27. The first-order valence-electron chi connectivity index (χ1n) is 7.41. The summed E-state index contributed by atoms with van der Waals surface area (Å²) in [6.07, 6.45) is -0.00553. The third-order valence-electron chi connectivity index (χ3n) is 3.91. The van der Waals surface area contributed by atoms with E-state index in [1.807, 2.05) is 0 Å². The fraction of sp³-hybridized carbons (Fsp3) is 0.400. The van der Waals surface area contributed by atoms with E-state index in [1.54, 1.807) is 23.0 Å². The molecule has 24 heavy (non-hydrogen) atoms. The molecule has 0 N–H and O–H groups in total. The Morgan fingerprint density at radius 1 is 1.21 bits per heavy atom. The molecule has 0 unspecified atom stereocenters. The second kappa shape index (κ2) is 6.14. The summed E-state index contributed by atoms with van der Waals surface area (Å²) in [5, 5.41) is 3.96. The van der Waals surface area contributed by atoms with Crippen molar-refractivity contribution in [3.05, 3.63) is 41.9 Å². The van der Waals surface area contributed by atoms with Gasteiger partial charge < -0.3 is 9.80 Å². The summed E-state index contributed by atoms with van der Waals surface area (Å²) < 4.78 is 40.8. The molecule has 9 heteroatoms. The van der Waals surface area contributed by atoms with Crippen molar-refractivity contribution in [2.45, 2.75) is 6.18 Å². The lowest BCUT2D eigenvalue weighted by molar-refractivity contribution is -0.137. The van der Waals surface area contributed by atoms with Crippen molar-refractivity contribution in [2.24, 2.45) is 7.05 Å². The molecule has 3 heterocycles. The van der Waals surface area contributed by atoms with E-state index < -0.39 is 11.7 Å². The minimum Gasteiger partial charge on any atom is -0.353 e. The molecule has 0 aromatic carbocycles. The van der Waals surface area contributed by atoms with Crippen molar-refractivity contribution in [1.82, 2.24) is 19.7 Å². The number of rotatable bonds is 2. The Kier molecular flexibility index (Phi) is 4.16. The second-order valence-corrected chi connectivity index (χ2v) is 5.55. The van der Waals surface area contributed by atoms with E-state index in [2.05, 4.69) is 10.1 Å². The molecule has 0 atom stereocenters. The summed E-state index contributed by atoms with van der Waals surface area (Å²) >= 11 is 0. The number of anilines is 1. The number of hydrogen-bond donors (Lipinski definition) is 0. The van der Waals surface area contributed by atoms with Gasteiger partial charge in [-0.15, -0.1) is 0 Å². The first kappa shape index (κ1) is 16.3. The van der Waals surface area contributed by atoms with Crippen LogP contribution in [0.2, 0.25) is 0 Å². The number of carbonyl (C=O) groups excluding carboxylic acids is 1. The third kappa shape index (κ3) is 3.19. The molecule has 1 fully saturated rings. The van der Waals surface area contributed by atoms with Gasteiger partial charge in [0.15, 0.2) is 0 Å². The van der Waals surface area contributed by atoms with E-state index in [-0.39, 0.29) is 11.7 Å². The zero-order chi connectivity index (χ0) is 17.3. The molecule has 0 bridgehead atoms. The highest BCUT2D eigenvalue weighted by molar-refractivity contribution is 5.93. The van der Waals surface area contributed by atoms with Gasteiger partial charge in [0.05, 0.1) is 17.3 Å². The van der Waals surface area contributed by atoms with Crippen molar-refractivity contribution >= 4 is 11.7 Å². The highest BCUT2D eigenvalue weighted by Gasteiger charge is 2.36. The van der Waals surface area contributed by atoms with Crippen LogP contribution in [-0.4, -0.2) is 51.8 Å². The number of aryl methyl sites for hydroxylation is 1. The largest absolute Gasteiger partial charge is 0.419 e. The number of hydrogen-bond acceptors (Lipinski definition) is 4. The Hall–Kier alpha value is -2.58. The monoisotopic (exact) mass is 339 g/mol. The summed E-state index contributed by atoms with van der Waals surface area (Å²) in [4.78, 5) is 19.4. The maximum absolute atomic E-state index is 13.1. The summed E-state index contributed by atoms with van der Waals surface area (Å²) in [5.41, 5.74) is -0.281. The van der Waals surface area contributed by atoms with Crippen LogP contribution in [0, 0.1) is 0 Å². The van der Waals surface area contributed by atoms with Crippen LogP contribution in [0.25, 0.3) is 0 Å². The second-order valence-electron chi connectivity index (χ2n) is 5.55. The predicted molar refractivity (Wildman–Crippen MR) is 80.6 cm³/mol. The first-order chi connectivity index (χ1) is 11.4. The Balaban J connectivity index is 1.71. The van der Waals surface area contributed by atoms with Crippen LogP contribution >= 0.6 is 0 Å². The highest BCUT2D eigenvalue weighted by Crippen LogP contribution is 2.35. The number of alkyl halides is 3. The van der Waals surface area contributed by atoms with Gasteiger partial charge in [-0.1, -0.05) is 0 Å². The van der Waals surface area contributed by atoms with Crippen LogP contribution in [-0.2, 0) is 13.2 Å². The Morgan fingerprint density at radius 3 is 2.50 bits per heavy atom. The molecule has 128 valence electrons. The quantitative estimate of drug-likeness (QED) is 0.837. The number of piperazine rings is 1. The van der Waals surface area contributed by atoms with Gasteiger partial charge in [-0.3, -0.25) is 9.48 Å². The number of aromatic nitrogens is 3. The Labute approximate surface area is 136 Å². The van der Waals surface area contributed by atoms with Crippen molar-refractivity contribution < 1.29 is 18.0 Å². The molecule has 1 aliphatic rings. The first-order valence-corrected chi connectivity index (χ1v) is 7.41. The van der Waals surface area contributed by atoms with Crippen molar-refractivity contribution in [1.29, 1.82) is 0 Å². The SMILES string of the molecule is Cn1cc(C(=O)N2CCN(c3ncccc3C(F)(F)F)CC2)cn1. The minimum absolute atomic E-state index is 0.0847. The lowest BCUT2D eigenvalue weighted by Crippen LogP contribution is -2.49. The van der Waals surface area contributed by atoms with Crippen molar-refractivity contribution in [3.63, 3.8) is 0 Å². The van der Waals surface area contributed by atoms with Crippen molar-refractivity contribution in [2.75, 3.05) is 31.1 Å². The Morgan fingerprint density at radius 2 is 1.92 bits per heavy atom. The molecule has 2 aromatic rings. The standard InChI is InChI=1S/C15H16F3N5O/c1-21-10-11(9-20-21)14(24)23-7-5-22(6-8-23)13-12(15(16,17)18)3-2-4-19-13/h2-4,9-10H,5-8H2,1H3. The summed E-state index contributed by atoms with van der Waals surface area (Å²) in [6, 6.07) is 2.30. The van der Waals surface area contributed by atoms with Crippen LogP contribution in [0.3, 0.4) is 0 Å². The van der Waals surface area contributed by atoms with Crippen LogP contribution in [0.1, 0.15) is 15.9 Å². The van der Waals surface area contributed by atoms with Crippen LogP contribution < -0.4 is 4.90 Å². The van der Waals surface area contributed by atoms with E-state index in [4.69, 9.17) is 0 Å². The van der Waals surface area contributed by atoms with Crippen LogP contribution in [0.15, 0.2) is 30.7 Å². The molecule has 1 aliphatic heterocycles. The number of nitrogens with zero attached hydrogens (tertiary/aromatic N) is 5. The van der Waals surface area contributed by atoms with Gasteiger partial charge in [0.2, 0.25) is 0 Å². The number of carbonyl (C=O) groups is 1. The highest BCUT2D eigenvalue weighted by atomic mass is 19.4. The fourth-order valence-corrected chi connectivity index (χ4v) is 2.71. The van der Waals surface area contributed by atoms with E-state index in [0.717, 1.165) is 6.07 Å². The normalized spacial score (nSPS) is 15.7. The molecule has 0 saturated carbocycles. The number of pyridine rings is 1. The molecule has 6 nitrogen and oxygen atoms in total. The third-order valence-corrected chi connectivity index (χ3v) is 3.91. The van der Waals surface area contributed by atoms with Gasteiger partial charge in [-0.2, -0.15) is 18.3 Å². The van der Waals surface area contributed by atoms with E-state index in [9.17, 15) is 18.0 Å². The van der Waals surface area contributed by atoms with Gasteiger partial charge in [-0.05, 0) is 12.1 Å². The van der Waals surface area contributed by atoms with E-state index in [1.165, 1.54) is 23.1 Å². The lowest BCUT2D eigenvalue weighted by Gasteiger charge is -2.36. The molecule has 2 aromatic heterocycles. The smallest absolute Gasteiger partial charge is 0.353 e. The van der Waals surface area contributed by atoms with E-state index >= 15 is 0 Å². The molecule has 0 spiro atoms. The predicted octanol–water partition coefficient (Wildman–Crippen LogP) is 1.80. The van der Waals surface area contributed by atoms with Gasteiger partial charge in [0.1, 0.15) is 5.82 Å². The molecular weight excluding hydrogens is 323 g/mol. The van der Waals surface area contributed by atoms with Crippen LogP contribution in [0.4, 0.5) is 19.0 Å². The minimum atomic E-state index is -4.45. The maximum Gasteiger partial charge on any atom is 0.419 e. The molecule has 1 saturated heterocycles. The zero-order valence-electron chi connectivity index (χ0n) is 13.0. The van der Waals surface area contributed by atoms with Crippen LogP contribution in [0.5, 0.6) is 0 Å². The number of amides is 1. The van der Waals surface area contributed by atoms with Gasteiger partial charge in [0.25, 0.3) is 5.91 Å². The maximum atomic E-state index is 13.1. The summed E-state index contributed by atoms with van der Waals surface area (Å²) in [7, 11) is 1.72. The average Bonchev–Trinajstić information content (AvgIpc) is 3.00. The van der Waals surface area contributed by atoms with Gasteiger partial charge >= 0.3 is 6.18 Å². The Bertz CT molecular complexity index is 735. The molecular formula is C15H16F3N5O. The zero-order valence-corrected chi connectivity index (χ0v) is 13.0. The summed E-state index contributed by atoms with van der Waals surface area (Å²) in [5.74, 6) is -0.252. The molecule has 0 radical (unpaired) electrons. The molecule has 0 aliphatic carbocycles. The molecule has 1 amide bonds. The lowest BCUT2D eigenvalue weighted by atomic mass is 10.2. The number of halogens is 3. The average molecular weight is 339 g/mol. The topological polar surface area (TPSA) is 54.3 Å². The fourth-order valence-electron chi connectivity index (χ4n) is 2.71. The van der Waals surface area contributed by atoms with Gasteiger partial charge in [-0.25, -0.2) is 4.98 Å². The van der Waals surface area contributed by atoms with E-state index in [0.29, 0.717) is 31.7 Å². The molecule has 3 rings (SSSR count). The van der Waals surface area contributed by atoms with Gasteiger partial charge in [0, 0.05) is 45.6 Å². The van der Waals surface area contributed by atoms with Crippen molar-refractivity contribution in [3.8, 4) is 0 Å².